The Bertz CT molecular complexity index is 453. The number of hydrogen-bond acceptors (Lipinski definition) is 3. The fraction of sp³-hybridized carbons (Fsp3) is 0.357. The number of hydrogen-bond donors (Lipinski definition) is 1. The Morgan fingerprint density at radius 1 is 1.33 bits per heavy atom. The van der Waals surface area contributed by atoms with Crippen molar-refractivity contribution in [3.8, 4) is 0 Å². The third kappa shape index (κ3) is 4.19. The number of nitrogens with zero attached hydrogens (tertiary/aromatic N) is 1. The van der Waals surface area contributed by atoms with E-state index in [1.807, 2.05) is 6.20 Å². The van der Waals surface area contributed by atoms with Crippen molar-refractivity contribution in [2.75, 3.05) is 6.54 Å². The molecule has 2 heterocycles. The highest BCUT2D eigenvalue weighted by Gasteiger charge is 2.10. The molecule has 2 nitrogen and oxygen atoms in total. The molecule has 0 aliphatic rings. The van der Waals surface area contributed by atoms with Crippen LogP contribution in [0.4, 0.5) is 0 Å². The van der Waals surface area contributed by atoms with Crippen LogP contribution in [-0.4, -0.2) is 17.6 Å². The van der Waals surface area contributed by atoms with Crippen molar-refractivity contribution in [2.45, 2.75) is 25.8 Å². The standard InChI is InChI=1S/C14H17BrN2S/c1-2-16-14(7-11-5-6-18-10-11)8-13-4-3-12(15)9-17-13/h3-6,9-10,14,16H,2,7-8H2,1H3. The second-order valence-corrected chi connectivity index (χ2v) is 5.96. The first-order valence-electron chi connectivity index (χ1n) is 6.13. The summed E-state index contributed by atoms with van der Waals surface area (Å²) in [4.78, 5) is 4.45. The topological polar surface area (TPSA) is 24.9 Å². The number of thiophene rings is 1. The van der Waals surface area contributed by atoms with Crippen LogP contribution in [0.3, 0.4) is 0 Å². The highest BCUT2D eigenvalue weighted by Crippen LogP contribution is 2.13. The highest BCUT2D eigenvalue weighted by molar-refractivity contribution is 9.10. The summed E-state index contributed by atoms with van der Waals surface area (Å²) in [6.45, 7) is 3.14. The molecule has 1 unspecified atom stereocenters. The van der Waals surface area contributed by atoms with Crippen molar-refractivity contribution in [3.63, 3.8) is 0 Å². The molecule has 0 saturated carbocycles. The van der Waals surface area contributed by atoms with Gasteiger partial charge in [0.05, 0.1) is 0 Å². The molecule has 0 saturated heterocycles. The molecule has 0 bridgehead atoms. The summed E-state index contributed by atoms with van der Waals surface area (Å²) in [6.07, 6.45) is 3.90. The largest absolute Gasteiger partial charge is 0.314 e. The second-order valence-electron chi connectivity index (χ2n) is 4.26. The van der Waals surface area contributed by atoms with Gasteiger partial charge in [-0.1, -0.05) is 6.92 Å². The van der Waals surface area contributed by atoms with E-state index in [2.05, 4.69) is 62.1 Å². The number of aromatic nitrogens is 1. The van der Waals surface area contributed by atoms with Crippen LogP contribution in [0.2, 0.25) is 0 Å². The van der Waals surface area contributed by atoms with Crippen LogP contribution >= 0.6 is 27.3 Å². The second kappa shape index (κ2) is 7.02. The van der Waals surface area contributed by atoms with Gasteiger partial charge in [0, 0.05) is 28.8 Å². The molecule has 0 aliphatic heterocycles. The summed E-state index contributed by atoms with van der Waals surface area (Å²) < 4.78 is 1.03. The van der Waals surface area contributed by atoms with Gasteiger partial charge in [-0.2, -0.15) is 11.3 Å². The minimum Gasteiger partial charge on any atom is -0.314 e. The quantitative estimate of drug-likeness (QED) is 0.876. The molecule has 2 aromatic rings. The van der Waals surface area contributed by atoms with E-state index in [1.165, 1.54) is 5.56 Å². The van der Waals surface area contributed by atoms with Gasteiger partial charge in [-0.25, -0.2) is 0 Å². The number of nitrogens with one attached hydrogen (secondary N) is 1. The van der Waals surface area contributed by atoms with Gasteiger partial charge >= 0.3 is 0 Å². The maximum Gasteiger partial charge on any atom is 0.0420 e. The van der Waals surface area contributed by atoms with Crippen LogP contribution in [0.1, 0.15) is 18.2 Å². The molecule has 4 heteroatoms. The van der Waals surface area contributed by atoms with Crippen molar-refractivity contribution in [2.24, 2.45) is 0 Å². The molecular formula is C14H17BrN2S. The molecule has 0 aliphatic carbocycles. The Labute approximate surface area is 121 Å². The predicted molar refractivity (Wildman–Crippen MR) is 81.1 cm³/mol. The fourth-order valence-electron chi connectivity index (χ4n) is 1.98. The van der Waals surface area contributed by atoms with E-state index in [1.54, 1.807) is 11.3 Å². The molecule has 0 aromatic carbocycles. The van der Waals surface area contributed by atoms with Crippen molar-refractivity contribution >= 4 is 27.3 Å². The minimum atomic E-state index is 0.457. The van der Waals surface area contributed by atoms with Gasteiger partial charge in [-0.3, -0.25) is 4.98 Å². The van der Waals surface area contributed by atoms with Gasteiger partial charge in [-0.05, 0) is 63.4 Å². The maximum absolute atomic E-state index is 4.45. The van der Waals surface area contributed by atoms with Gasteiger partial charge in [0.1, 0.15) is 0 Å². The minimum absolute atomic E-state index is 0.457. The van der Waals surface area contributed by atoms with E-state index >= 15 is 0 Å². The Kier molecular flexibility index (Phi) is 5.35. The van der Waals surface area contributed by atoms with Gasteiger partial charge in [0.15, 0.2) is 0 Å². The van der Waals surface area contributed by atoms with E-state index in [-0.39, 0.29) is 0 Å². The lowest BCUT2D eigenvalue weighted by atomic mass is 10.0. The van der Waals surface area contributed by atoms with Crippen LogP contribution in [0, 0.1) is 0 Å². The lowest BCUT2D eigenvalue weighted by Gasteiger charge is -2.17. The molecule has 18 heavy (non-hydrogen) atoms. The van der Waals surface area contributed by atoms with Gasteiger partial charge in [0.25, 0.3) is 0 Å². The maximum atomic E-state index is 4.45. The monoisotopic (exact) mass is 324 g/mol. The lowest BCUT2D eigenvalue weighted by Crippen LogP contribution is -2.33. The number of halogens is 1. The molecule has 1 N–H and O–H groups in total. The molecule has 0 amide bonds. The zero-order chi connectivity index (χ0) is 12.8. The SMILES string of the molecule is CCNC(Cc1ccsc1)Cc1ccc(Br)cn1. The molecular weight excluding hydrogens is 308 g/mol. The highest BCUT2D eigenvalue weighted by atomic mass is 79.9. The summed E-state index contributed by atoms with van der Waals surface area (Å²) in [5.74, 6) is 0. The lowest BCUT2D eigenvalue weighted by molar-refractivity contribution is 0.517. The van der Waals surface area contributed by atoms with Crippen LogP contribution in [0.5, 0.6) is 0 Å². The van der Waals surface area contributed by atoms with Gasteiger partial charge < -0.3 is 5.32 Å². The first-order valence-corrected chi connectivity index (χ1v) is 7.86. The van der Waals surface area contributed by atoms with Crippen molar-refractivity contribution in [1.82, 2.24) is 10.3 Å². The van der Waals surface area contributed by atoms with E-state index < -0.39 is 0 Å². The third-order valence-electron chi connectivity index (χ3n) is 2.80. The molecule has 2 aromatic heterocycles. The average molecular weight is 325 g/mol. The Balaban J connectivity index is 1.99. The third-order valence-corrected chi connectivity index (χ3v) is 4.00. The summed E-state index contributed by atoms with van der Waals surface area (Å²) in [6, 6.07) is 6.79. The smallest absolute Gasteiger partial charge is 0.0420 e. The van der Waals surface area contributed by atoms with Crippen molar-refractivity contribution < 1.29 is 0 Å². The van der Waals surface area contributed by atoms with Crippen molar-refractivity contribution in [3.05, 3.63) is 50.9 Å². The van der Waals surface area contributed by atoms with E-state index in [4.69, 9.17) is 0 Å². The first-order chi connectivity index (χ1) is 8.78. The Morgan fingerprint density at radius 2 is 2.22 bits per heavy atom. The molecule has 1 atom stereocenters. The van der Waals surface area contributed by atoms with Crippen LogP contribution in [-0.2, 0) is 12.8 Å². The number of likely N-dealkylation sites (N-methyl/N-ethyl adjacent to an activating group) is 1. The van der Waals surface area contributed by atoms with E-state index in [0.29, 0.717) is 6.04 Å². The van der Waals surface area contributed by atoms with E-state index in [0.717, 1.165) is 29.6 Å². The van der Waals surface area contributed by atoms with Crippen LogP contribution < -0.4 is 5.32 Å². The van der Waals surface area contributed by atoms with Crippen LogP contribution in [0.15, 0.2) is 39.6 Å². The first kappa shape index (κ1) is 13.7. The number of rotatable bonds is 6. The zero-order valence-corrected chi connectivity index (χ0v) is 12.8. The summed E-state index contributed by atoms with van der Waals surface area (Å²) >= 11 is 5.17. The normalized spacial score (nSPS) is 12.6. The molecule has 0 fully saturated rings. The zero-order valence-electron chi connectivity index (χ0n) is 10.4. The predicted octanol–water partition coefficient (Wildman–Crippen LogP) is 3.67. The molecule has 0 radical (unpaired) electrons. The van der Waals surface area contributed by atoms with Gasteiger partial charge in [0.2, 0.25) is 0 Å². The van der Waals surface area contributed by atoms with E-state index in [9.17, 15) is 0 Å². The Morgan fingerprint density at radius 3 is 2.83 bits per heavy atom. The van der Waals surface area contributed by atoms with Crippen LogP contribution in [0.25, 0.3) is 0 Å². The number of pyridine rings is 1. The molecule has 2 rings (SSSR count). The average Bonchev–Trinajstić information content (AvgIpc) is 2.85. The fourth-order valence-corrected chi connectivity index (χ4v) is 2.89. The molecule has 0 spiro atoms. The van der Waals surface area contributed by atoms with Gasteiger partial charge in [-0.15, -0.1) is 0 Å². The summed E-state index contributed by atoms with van der Waals surface area (Å²) in [5.41, 5.74) is 2.54. The Hall–Kier alpha value is -0.710. The van der Waals surface area contributed by atoms with Crippen molar-refractivity contribution in [1.29, 1.82) is 0 Å². The molecule has 96 valence electrons. The summed E-state index contributed by atoms with van der Waals surface area (Å²) in [7, 11) is 0. The summed E-state index contributed by atoms with van der Waals surface area (Å²) in [5, 5.41) is 7.89.